The number of furan rings is 1. The summed E-state index contributed by atoms with van der Waals surface area (Å²) in [6.07, 6.45) is -5.66. The molecule has 0 fully saturated rings. The zero-order valence-electron chi connectivity index (χ0n) is 12.0. The van der Waals surface area contributed by atoms with Crippen molar-refractivity contribution in [2.75, 3.05) is 6.54 Å². The van der Waals surface area contributed by atoms with Crippen LogP contribution in [0.1, 0.15) is 31.8 Å². The molecule has 0 radical (unpaired) electrons. The molecule has 1 rings (SSSR count). The molecule has 0 aliphatic carbocycles. The van der Waals surface area contributed by atoms with Crippen molar-refractivity contribution >= 4 is 10.0 Å². The van der Waals surface area contributed by atoms with Crippen LogP contribution in [-0.4, -0.2) is 27.2 Å². The first kappa shape index (κ1) is 18.0. The summed E-state index contributed by atoms with van der Waals surface area (Å²) in [7, 11) is -4.04. The summed E-state index contributed by atoms with van der Waals surface area (Å²) >= 11 is 0. The summed E-state index contributed by atoms with van der Waals surface area (Å²) in [4.78, 5) is -0.135. The second kappa shape index (κ2) is 6.80. The first-order valence-corrected chi connectivity index (χ1v) is 7.92. The molecule has 0 spiro atoms. The molecule has 0 saturated heterocycles. The predicted molar refractivity (Wildman–Crippen MR) is 71.3 cm³/mol. The highest BCUT2D eigenvalue weighted by atomic mass is 32.2. The number of sulfonamides is 1. The fraction of sp³-hybridized carbons (Fsp3) is 0.667. The molecule has 2 N–H and O–H groups in total. The van der Waals surface area contributed by atoms with E-state index in [2.05, 4.69) is 5.32 Å². The quantitative estimate of drug-likeness (QED) is 0.806. The highest BCUT2D eigenvalue weighted by Crippen LogP contribution is 2.24. The van der Waals surface area contributed by atoms with Gasteiger partial charge in [0.15, 0.2) is 0 Å². The van der Waals surface area contributed by atoms with E-state index in [4.69, 9.17) is 4.42 Å². The Labute approximate surface area is 122 Å². The number of nitrogens with one attached hydrogen (secondary N) is 2. The molecule has 1 aromatic rings. The van der Waals surface area contributed by atoms with Crippen LogP contribution in [0.4, 0.5) is 13.2 Å². The lowest BCUT2D eigenvalue weighted by molar-refractivity contribution is -0.137. The van der Waals surface area contributed by atoms with E-state index in [1.807, 2.05) is 11.6 Å². The molecular weight excluding hydrogens is 309 g/mol. The number of hydrogen-bond acceptors (Lipinski definition) is 4. The van der Waals surface area contributed by atoms with E-state index in [0.29, 0.717) is 18.8 Å². The number of rotatable bonds is 7. The molecule has 0 amide bonds. The third-order valence-corrected chi connectivity index (χ3v) is 4.35. The minimum Gasteiger partial charge on any atom is -0.464 e. The topological polar surface area (TPSA) is 71.3 Å². The summed E-state index contributed by atoms with van der Waals surface area (Å²) in [5.41, 5.74) is 0. The van der Waals surface area contributed by atoms with Crippen LogP contribution in [0.5, 0.6) is 0 Å². The number of halogens is 3. The molecule has 0 aromatic carbocycles. The molecule has 9 heteroatoms. The Morgan fingerprint density at radius 1 is 1.38 bits per heavy atom. The van der Waals surface area contributed by atoms with Crippen molar-refractivity contribution in [3.05, 3.63) is 17.6 Å². The summed E-state index contributed by atoms with van der Waals surface area (Å²) in [6.45, 7) is 5.54. The molecule has 0 saturated carbocycles. The van der Waals surface area contributed by atoms with Crippen LogP contribution in [0.25, 0.3) is 0 Å². The van der Waals surface area contributed by atoms with Crippen LogP contribution in [0.3, 0.4) is 0 Å². The van der Waals surface area contributed by atoms with E-state index in [9.17, 15) is 21.6 Å². The maximum atomic E-state index is 12.2. The van der Waals surface area contributed by atoms with E-state index in [0.717, 1.165) is 0 Å². The van der Waals surface area contributed by atoms with Crippen molar-refractivity contribution in [1.82, 2.24) is 10.0 Å². The Morgan fingerprint density at radius 3 is 2.52 bits per heavy atom. The van der Waals surface area contributed by atoms with Gasteiger partial charge in [-0.05, 0) is 20.4 Å². The second-order valence-corrected chi connectivity index (χ2v) is 6.44. The molecule has 0 aliphatic rings. The van der Waals surface area contributed by atoms with Gasteiger partial charge in [-0.2, -0.15) is 13.2 Å². The molecule has 0 bridgehead atoms. The van der Waals surface area contributed by atoms with Crippen LogP contribution in [-0.2, 0) is 16.6 Å². The molecule has 0 aliphatic heterocycles. The maximum Gasteiger partial charge on any atom is 0.390 e. The standard InChI is InChI=1S/C12H19F3N2O3S/c1-4-16-7-10-5-11(9(3)20-10)21(18,19)17-8(2)6-12(13,14)15/h5,8,16-17H,4,6-7H2,1-3H3. The first-order chi connectivity index (χ1) is 9.55. The molecule has 1 heterocycles. The lowest BCUT2D eigenvalue weighted by Gasteiger charge is -2.15. The van der Waals surface area contributed by atoms with Crippen LogP contribution in [0.2, 0.25) is 0 Å². The van der Waals surface area contributed by atoms with E-state index in [-0.39, 0.29) is 10.7 Å². The van der Waals surface area contributed by atoms with Crippen LogP contribution in [0, 0.1) is 6.92 Å². The maximum absolute atomic E-state index is 12.2. The predicted octanol–water partition coefficient (Wildman–Crippen LogP) is 2.32. The van der Waals surface area contributed by atoms with E-state index < -0.39 is 28.7 Å². The van der Waals surface area contributed by atoms with Crippen LogP contribution < -0.4 is 10.0 Å². The summed E-state index contributed by atoms with van der Waals surface area (Å²) < 4.78 is 68.2. The van der Waals surface area contributed by atoms with E-state index in [1.54, 1.807) is 0 Å². The van der Waals surface area contributed by atoms with Gasteiger partial charge in [0, 0.05) is 12.1 Å². The lowest BCUT2D eigenvalue weighted by Crippen LogP contribution is -2.36. The monoisotopic (exact) mass is 328 g/mol. The third-order valence-electron chi connectivity index (χ3n) is 2.66. The Bertz CT molecular complexity index is 567. The molecule has 1 atom stereocenters. The van der Waals surface area contributed by atoms with Gasteiger partial charge < -0.3 is 9.73 Å². The van der Waals surface area contributed by atoms with Crippen molar-refractivity contribution in [2.24, 2.45) is 0 Å². The van der Waals surface area contributed by atoms with Gasteiger partial charge in [0.1, 0.15) is 16.4 Å². The molecule has 1 unspecified atom stereocenters. The number of hydrogen-bond donors (Lipinski definition) is 2. The fourth-order valence-corrected chi connectivity index (χ4v) is 3.29. The van der Waals surface area contributed by atoms with Gasteiger partial charge >= 0.3 is 6.18 Å². The van der Waals surface area contributed by atoms with E-state index >= 15 is 0 Å². The molecule has 122 valence electrons. The number of aryl methyl sites for hydroxylation is 1. The summed E-state index contributed by atoms with van der Waals surface area (Å²) in [5.74, 6) is 0.563. The second-order valence-electron chi connectivity index (χ2n) is 4.76. The van der Waals surface area contributed by atoms with Gasteiger partial charge in [-0.1, -0.05) is 6.92 Å². The van der Waals surface area contributed by atoms with Gasteiger partial charge in [-0.25, -0.2) is 13.1 Å². The molecule has 21 heavy (non-hydrogen) atoms. The highest BCUT2D eigenvalue weighted by molar-refractivity contribution is 7.89. The van der Waals surface area contributed by atoms with Gasteiger partial charge in [0.25, 0.3) is 0 Å². The van der Waals surface area contributed by atoms with Gasteiger partial charge in [0.2, 0.25) is 10.0 Å². The highest BCUT2D eigenvalue weighted by Gasteiger charge is 2.32. The zero-order chi connectivity index (χ0) is 16.3. The first-order valence-electron chi connectivity index (χ1n) is 6.44. The van der Waals surface area contributed by atoms with Crippen molar-refractivity contribution in [3.8, 4) is 0 Å². The minimum atomic E-state index is -4.43. The summed E-state index contributed by atoms with van der Waals surface area (Å²) in [6, 6.07) is 0.0715. The smallest absolute Gasteiger partial charge is 0.390 e. The van der Waals surface area contributed by atoms with Gasteiger partial charge in [-0.3, -0.25) is 0 Å². The Hall–Kier alpha value is -1.06. The van der Waals surface area contributed by atoms with E-state index in [1.165, 1.54) is 19.9 Å². The van der Waals surface area contributed by atoms with Crippen molar-refractivity contribution < 1.29 is 26.0 Å². The Balaban J connectivity index is 2.85. The zero-order valence-corrected chi connectivity index (χ0v) is 12.9. The third kappa shape index (κ3) is 5.68. The van der Waals surface area contributed by atoms with Crippen molar-refractivity contribution in [2.45, 2.75) is 50.9 Å². The van der Waals surface area contributed by atoms with Crippen LogP contribution >= 0.6 is 0 Å². The normalized spacial score (nSPS) is 14.4. The summed E-state index contributed by atoms with van der Waals surface area (Å²) in [5, 5.41) is 2.97. The number of alkyl halides is 3. The fourth-order valence-electron chi connectivity index (χ4n) is 1.84. The van der Waals surface area contributed by atoms with Gasteiger partial charge in [-0.15, -0.1) is 0 Å². The average molecular weight is 328 g/mol. The Kier molecular flexibility index (Phi) is 5.83. The minimum absolute atomic E-state index is 0.135. The van der Waals surface area contributed by atoms with Crippen LogP contribution in [0.15, 0.2) is 15.4 Å². The molecule has 1 aromatic heterocycles. The SMILES string of the molecule is CCNCc1cc(S(=O)(=O)NC(C)CC(F)(F)F)c(C)o1. The largest absolute Gasteiger partial charge is 0.464 e. The van der Waals surface area contributed by atoms with Gasteiger partial charge in [0.05, 0.1) is 13.0 Å². The Morgan fingerprint density at radius 2 is 2.00 bits per heavy atom. The molecule has 5 nitrogen and oxygen atoms in total. The van der Waals surface area contributed by atoms with Crippen molar-refractivity contribution in [3.63, 3.8) is 0 Å². The van der Waals surface area contributed by atoms with Crippen molar-refractivity contribution in [1.29, 1.82) is 0 Å². The molecular formula is C12H19F3N2O3S. The lowest BCUT2D eigenvalue weighted by atomic mass is 10.2. The average Bonchev–Trinajstić information content (AvgIpc) is 2.65.